The molecule has 0 saturated carbocycles. The first kappa shape index (κ1) is 34.7. The molecule has 0 bridgehead atoms. The number of halogens is 10. The van der Waals surface area contributed by atoms with Gasteiger partial charge in [-0.05, 0) is 65.2 Å². The van der Waals surface area contributed by atoms with Crippen molar-refractivity contribution in [3.05, 3.63) is 75.0 Å². The van der Waals surface area contributed by atoms with Gasteiger partial charge < -0.3 is 19.5 Å². The third kappa shape index (κ3) is 9.62. The fraction of sp³-hybridized carbons (Fsp3) is 0.370. The second-order valence-corrected chi connectivity index (χ2v) is 10.1. The van der Waals surface area contributed by atoms with E-state index in [-0.39, 0.29) is 53.9 Å². The molecule has 7 nitrogen and oxygen atoms in total. The number of carbonyl (C=O) groups is 1. The molecule has 0 aliphatic rings. The molecule has 240 valence electrons. The molecule has 3 rings (SSSR count). The van der Waals surface area contributed by atoms with Crippen molar-refractivity contribution in [2.75, 3.05) is 18.1 Å². The minimum atomic E-state index is -5.15. The number of aromatic nitrogens is 2. The summed E-state index contributed by atoms with van der Waals surface area (Å²) in [4.78, 5) is 20.5. The fourth-order valence-electron chi connectivity index (χ4n) is 3.86. The molecule has 0 fully saturated rings. The normalized spacial score (nSPS) is 12.2. The maximum absolute atomic E-state index is 13.5. The van der Waals surface area contributed by atoms with Crippen molar-refractivity contribution >= 4 is 27.8 Å². The van der Waals surface area contributed by atoms with E-state index in [1.165, 1.54) is 0 Å². The summed E-state index contributed by atoms with van der Waals surface area (Å²) in [7, 11) is 0. The van der Waals surface area contributed by atoms with Gasteiger partial charge in [-0.2, -0.15) is 39.5 Å². The van der Waals surface area contributed by atoms with Crippen LogP contribution in [0.3, 0.4) is 0 Å². The lowest BCUT2D eigenvalue weighted by molar-refractivity contribution is -0.144. The van der Waals surface area contributed by atoms with Crippen LogP contribution in [0, 0.1) is 0 Å². The zero-order chi connectivity index (χ0) is 32.9. The van der Waals surface area contributed by atoms with Crippen LogP contribution in [0.2, 0.25) is 0 Å². The van der Waals surface area contributed by atoms with Gasteiger partial charge in [-0.1, -0.05) is 0 Å². The highest BCUT2D eigenvalue weighted by atomic mass is 79.9. The van der Waals surface area contributed by atoms with Crippen molar-refractivity contribution in [2.45, 2.75) is 51.4 Å². The van der Waals surface area contributed by atoms with Gasteiger partial charge in [-0.25, -0.2) is 9.97 Å². The number of benzene rings is 2. The third-order valence-corrected chi connectivity index (χ3v) is 6.45. The number of ether oxygens (including phenoxy) is 2. The molecule has 0 spiro atoms. The topological polar surface area (TPSA) is 84.8 Å². The van der Waals surface area contributed by atoms with Gasteiger partial charge in [0.05, 0.1) is 46.8 Å². The van der Waals surface area contributed by atoms with Crippen LogP contribution in [0.15, 0.2) is 47.2 Å². The quantitative estimate of drug-likeness (QED) is 0.123. The van der Waals surface area contributed by atoms with Gasteiger partial charge in [0.15, 0.2) is 5.75 Å². The Kier molecular flexibility index (Phi) is 11.0. The summed E-state index contributed by atoms with van der Waals surface area (Å²) >= 11 is 2.83. The highest BCUT2D eigenvalue weighted by molar-refractivity contribution is 9.10. The maximum Gasteiger partial charge on any atom is 0.416 e. The Labute approximate surface area is 252 Å². The number of aromatic hydroxyl groups is 1. The highest BCUT2D eigenvalue weighted by Gasteiger charge is 2.37. The van der Waals surface area contributed by atoms with Crippen LogP contribution in [0.25, 0.3) is 0 Å². The first-order valence-corrected chi connectivity index (χ1v) is 13.4. The van der Waals surface area contributed by atoms with E-state index in [2.05, 4.69) is 25.9 Å². The van der Waals surface area contributed by atoms with Crippen molar-refractivity contribution in [1.29, 1.82) is 0 Å². The monoisotopic (exact) mass is 703 g/mol. The minimum Gasteiger partial charge on any atom is -0.506 e. The van der Waals surface area contributed by atoms with Crippen LogP contribution in [-0.4, -0.2) is 34.3 Å². The van der Waals surface area contributed by atoms with Crippen LogP contribution < -0.4 is 9.64 Å². The number of phenolic OH excluding ortho intramolecular Hbond substituents is 1. The SMILES string of the molecule is CCOC(=O)CCCOc1cnc(N(Cc2cc(C(F)(F)F)cc(C(F)(F)F)c2)Cc2cc(C(F)(F)F)cc(Br)c2O)nc1. The molecule has 0 saturated heterocycles. The Bertz CT molecular complexity index is 1410. The Hall–Kier alpha value is -3.76. The number of alkyl halides is 9. The summed E-state index contributed by atoms with van der Waals surface area (Å²) in [6, 6.07) is 2.06. The molecular formula is C27H23BrF9N3O4. The van der Waals surface area contributed by atoms with Crippen molar-refractivity contribution < 1.29 is 58.9 Å². The molecule has 0 atom stereocenters. The Balaban J connectivity index is 1.99. The first-order chi connectivity index (χ1) is 20.4. The van der Waals surface area contributed by atoms with Crippen LogP contribution in [-0.2, 0) is 41.1 Å². The summed E-state index contributed by atoms with van der Waals surface area (Å²) < 4.78 is 131. The van der Waals surface area contributed by atoms with E-state index >= 15 is 0 Å². The van der Waals surface area contributed by atoms with E-state index < -0.39 is 65.6 Å². The molecule has 1 aromatic heterocycles. The number of hydrogen-bond donors (Lipinski definition) is 1. The molecule has 0 aliphatic carbocycles. The third-order valence-electron chi connectivity index (χ3n) is 5.85. The number of esters is 1. The first-order valence-electron chi connectivity index (χ1n) is 12.6. The van der Waals surface area contributed by atoms with E-state index in [9.17, 15) is 49.4 Å². The average molecular weight is 704 g/mol. The largest absolute Gasteiger partial charge is 0.506 e. The van der Waals surface area contributed by atoms with E-state index in [0.717, 1.165) is 17.3 Å². The van der Waals surface area contributed by atoms with Gasteiger partial charge in [0, 0.05) is 25.1 Å². The molecule has 0 unspecified atom stereocenters. The van der Waals surface area contributed by atoms with Crippen molar-refractivity contribution in [2.24, 2.45) is 0 Å². The fourth-order valence-corrected chi connectivity index (χ4v) is 4.36. The predicted molar refractivity (Wildman–Crippen MR) is 141 cm³/mol. The summed E-state index contributed by atoms with van der Waals surface area (Å²) in [6.07, 6.45) is -12.6. The molecule has 1 heterocycles. The van der Waals surface area contributed by atoms with Crippen LogP contribution in [0.5, 0.6) is 11.5 Å². The smallest absolute Gasteiger partial charge is 0.416 e. The van der Waals surface area contributed by atoms with Crippen molar-refractivity contribution in [3.8, 4) is 11.5 Å². The summed E-state index contributed by atoms with van der Waals surface area (Å²) in [5.74, 6) is -1.32. The Morgan fingerprint density at radius 1 is 0.864 bits per heavy atom. The second-order valence-electron chi connectivity index (χ2n) is 9.21. The van der Waals surface area contributed by atoms with Crippen LogP contribution in [0.1, 0.15) is 47.6 Å². The molecule has 0 radical (unpaired) electrons. The predicted octanol–water partition coefficient (Wildman–Crippen LogP) is 7.93. The number of anilines is 1. The van der Waals surface area contributed by atoms with Crippen molar-refractivity contribution in [3.63, 3.8) is 0 Å². The van der Waals surface area contributed by atoms with Gasteiger partial charge in [0.1, 0.15) is 5.75 Å². The lowest BCUT2D eigenvalue weighted by Crippen LogP contribution is -2.25. The number of hydrogen-bond acceptors (Lipinski definition) is 7. The summed E-state index contributed by atoms with van der Waals surface area (Å²) in [5, 5.41) is 10.5. The molecule has 17 heteroatoms. The highest BCUT2D eigenvalue weighted by Crippen LogP contribution is 2.39. The minimum absolute atomic E-state index is 0.0435. The van der Waals surface area contributed by atoms with E-state index in [1.54, 1.807) is 6.92 Å². The van der Waals surface area contributed by atoms with Gasteiger partial charge in [0.2, 0.25) is 5.95 Å². The Morgan fingerprint density at radius 3 is 1.93 bits per heavy atom. The van der Waals surface area contributed by atoms with Gasteiger partial charge in [0.25, 0.3) is 0 Å². The number of rotatable bonds is 11. The summed E-state index contributed by atoms with van der Waals surface area (Å²) in [6.45, 7) is 0.498. The van der Waals surface area contributed by atoms with Crippen molar-refractivity contribution in [1.82, 2.24) is 9.97 Å². The molecule has 0 aliphatic heterocycles. The van der Waals surface area contributed by atoms with Gasteiger partial charge in [-0.15, -0.1) is 0 Å². The van der Waals surface area contributed by atoms with Gasteiger partial charge >= 0.3 is 24.5 Å². The maximum atomic E-state index is 13.5. The summed E-state index contributed by atoms with van der Waals surface area (Å²) in [5.41, 5.74) is -5.26. The zero-order valence-corrected chi connectivity index (χ0v) is 24.2. The molecule has 1 N–H and O–H groups in total. The molecule has 44 heavy (non-hydrogen) atoms. The van der Waals surface area contributed by atoms with Crippen LogP contribution in [0.4, 0.5) is 45.5 Å². The standard InChI is InChI=1S/C27H23BrF9N3O4/c1-2-43-22(41)4-3-5-44-20-11-38-24(39-12-20)40(14-16-8-19(27(35,36)37)10-21(28)23(16)42)13-15-6-17(25(29,30)31)9-18(7-15)26(32,33)34/h6-12,42H,2-5,13-14H2,1H3. The number of carbonyl (C=O) groups excluding carboxylic acids is 1. The Morgan fingerprint density at radius 2 is 1.41 bits per heavy atom. The molecule has 3 aromatic rings. The molecule has 2 aromatic carbocycles. The lowest BCUT2D eigenvalue weighted by Gasteiger charge is -2.25. The number of phenols is 1. The van der Waals surface area contributed by atoms with Gasteiger partial charge in [-0.3, -0.25) is 4.79 Å². The molecular weight excluding hydrogens is 681 g/mol. The second kappa shape index (κ2) is 13.9. The zero-order valence-electron chi connectivity index (χ0n) is 22.6. The van der Waals surface area contributed by atoms with E-state index in [0.29, 0.717) is 24.3 Å². The van der Waals surface area contributed by atoms with E-state index in [4.69, 9.17) is 9.47 Å². The average Bonchev–Trinajstić information content (AvgIpc) is 2.92. The lowest BCUT2D eigenvalue weighted by atomic mass is 10.0. The van der Waals surface area contributed by atoms with E-state index in [1.807, 2.05) is 0 Å². The van der Waals surface area contributed by atoms with Crippen LogP contribution >= 0.6 is 15.9 Å². The number of nitrogens with zero attached hydrogens (tertiary/aromatic N) is 3. The molecule has 0 amide bonds.